The molecule has 0 bridgehead atoms. The predicted molar refractivity (Wildman–Crippen MR) is 92.3 cm³/mol. The van der Waals surface area contributed by atoms with E-state index < -0.39 is 15.7 Å². The lowest BCUT2D eigenvalue weighted by atomic mass is 10.1. The van der Waals surface area contributed by atoms with Gasteiger partial charge in [0.1, 0.15) is 11.6 Å². The molecule has 1 heterocycles. The summed E-state index contributed by atoms with van der Waals surface area (Å²) in [5.41, 5.74) is 8.18. The van der Waals surface area contributed by atoms with Crippen LogP contribution in [0.4, 0.5) is 0 Å². The van der Waals surface area contributed by atoms with Gasteiger partial charge in [-0.25, -0.2) is 13.4 Å². The number of primary amides is 1. The molecule has 0 atom stereocenters. The standard InChI is InChI=1S/C17H17N3O3S/c1-24(22,23)11-16-19-14-7-2-3-8-15(14)20(16)10-12-5-4-6-13(9-12)17(18)21/h2-9H,10-11H2,1H3,(H2,18,21). The van der Waals surface area contributed by atoms with E-state index >= 15 is 0 Å². The molecule has 1 amide bonds. The van der Waals surface area contributed by atoms with Gasteiger partial charge in [-0.3, -0.25) is 4.79 Å². The summed E-state index contributed by atoms with van der Waals surface area (Å²) < 4.78 is 25.3. The second kappa shape index (κ2) is 6.09. The molecule has 3 aromatic rings. The van der Waals surface area contributed by atoms with Gasteiger partial charge in [0.05, 0.1) is 11.0 Å². The largest absolute Gasteiger partial charge is 0.366 e. The van der Waals surface area contributed by atoms with E-state index in [1.807, 2.05) is 34.9 Å². The van der Waals surface area contributed by atoms with E-state index in [1.54, 1.807) is 18.2 Å². The van der Waals surface area contributed by atoms with Gasteiger partial charge in [0.25, 0.3) is 0 Å². The van der Waals surface area contributed by atoms with Crippen LogP contribution in [0.1, 0.15) is 21.7 Å². The summed E-state index contributed by atoms with van der Waals surface area (Å²) in [5.74, 6) is -0.163. The molecule has 2 N–H and O–H groups in total. The van der Waals surface area contributed by atoms with Crippen molar-refractivity contribution >= 4 is 26.8 Å². The Morgan fingerprint density at radius 3 is 2.62 bits per heavy atom. The molecule has 3 rings (SSSR count). The molecule has 0 fully saturated rings. The summed E-state index contributed by atoms with van der Waals surface area (Å²) in [6, 6.07) is 14.5. The molecule has 1 aromatic heterocycles. The van der Waals surface area contributed by atoms with Gasteiger partial charge in [-0.15, -0.1) is 0 Å². The maximum Gasteiger partial charge on any atom is 0.248 e. The maximum absolute atomic E-state index is 11.7. The number of hydrogen-bond donors (Lipinski definition) is 1. The van der Waals surface area contributed by atoms with E-state index in [1.165, 1.54) is 6.26 Å². The van der Waals surface area contributed by atoms with Crippen LogP contribution in [-0.2, 0) is 22.1 Å². The second-order valence-corrected chi connectivity index (χ2v) is 7.88. The van der Waals surface area contributed by atoms with Crippen molar-refractivity contribution < 1.29 is 13.2 Å². The van der Waals surface area contributed by atoms with Gasteiger partial charge in [-0.2, -0.15) is 0 Å². The lowest BCUT2D eigenvalue weighted by molar-refractivity contribution is 0.1000. The number of benzene rings is 2. The minimum absolute atomic E-state index is 0.142. The van der Waals surface area contributed by atoms with Gasteiger partial charge in [0.2, 0.25) is 5.91 Å². The van der Waals surface area contributed by atoms with Crippen molar-refractivity contribution in [2.75, 3.05) is 6.26 Å². The maximum atomic E-state index is 11.7. The van der Waals surface area contributed by atoms with Crippen molar-refractivity contribution in [1.82, 2.24) is 9.55 Å². The first-order chi connectivity index (χ1) is 11.3. The monoisotopic (exact) mass is 343 g/mol. The third kappa shape index (κ3) is 3.46. The van der Waals surface area contributed by atoms with Crippen LogP contribution in [0.25, 0.3) is 11.0 Å². The van der Waals surface area contributed by atoms with Gasteiger partial charge in [-0.05, 0) is 29.8 Å². The van der Waals surface area contributed by atoms with Crippen LogP contribution < -0.4 is 5.73 Å². The first-order valence-electron chi connectivity index (χ1n) is 7.34. The number of rotatable bonds is 5. The summed E-state index contributed by atoms with van der Waals surface area (Å²) in [4.78, 5) is 15.8. The first-order valence-corrected chi connectivity index (χ1v) is 9.40. The summed E-state index contributed by atoms with van der Waals surface area (Å²) in [6.45, 7) is 0.409. The van der Waals surface area contributed by atoms with E-state index in [-0.39, 0.29) is 5.75 Å². The Labute approximate surface area is 139 Å². The van der Waals surface area contributed by atoms with Gasteiger partial charge in [0.15, 0.2) is 9.84 Å². The molecule has 0 saturated carbocycles. The summed E-state index contributed by atoms with van der Waals surface area (Å²) >= 11 is 0. The smallest absolute Gasteiger partial charge is 0.248 e. The van der Waals surface area contributed by atoms with Crippen molar-refractivity contribution in [2.45, 2.75) is 12.3 Å². The molecule has 2 aromatic carbocycles. The highest BCUT2D eigenvalue weighted by Crippen LogP contribution is 2.20. The van der Waals surface area contributed by atoms with Crippen LogP contribution >= 0.6 is 0 Å². The van der Waals surface area contributed by atoms with Crippen molar-refractivity contribution in [3.63, 3.8) is 0 Å². The zero-order valence-electron chi connectivity index (χ0n) is 13.1. The number of nitrogens with two attached hydrogens (primary N) is 1. The summed E-state index contributed by atoms with van der Waals surface area (Å²) in [7, 11) is -3.22. The Kier molecular flexibility index (Phi) is 4.11. The zero-order valence-corrected chi connectivity index (χ0v) is 14.0. The van der Waals surface area contributed by atoms with Crippen LogP contribution in [0.3, 0.4) is 0 Å². The molecular weight excluding hydrogens is 326 g/mol. The molecule has 124 valence electrons. The topological polar surface area (TPSA) is 95.1 Å². The Morgan fingerprint density at radius 1 is 1.17 bits per heavy atom. The number of hydrogen-bond acceptors (Lipinski definition) is 4. The average Bonchev–Trinajstić information content (AvgIpc) is 2.83. The first kappa shape index (κ1) is 16.2. The number of imidazole rings is 1. The molecule has 0 unspecified atom stereocenters. The summed E-state index contributed by atoms with van der Waals surface area (Å²) in [6.07, 6.45) is 1.18. The fraction of sp³-hybridized carbons (Fsp3) is 0.176. The van der Waals surface area contributed by atoms with Crippen molar-refractivity contribution in [1.29, 1.82) is 0 Å². The third-order valence-corrected chi connectivity index (χ3v) is 4.46. The normalized spacial score (nSPS) is 11.7. The van der Waals surface area contributed by atoms with E-state index in [0.29, 0.717) is 17.9 Å². The number of fused-ring (bicyclic) bond motifs is 1. The Bertz CT molecular complexity index is 1020. The molecule has 7 heteroatoms. The minimum Gasteiger partial charge on any atom is -0.366 e. The minimum atomic E-state index is -3.22. The molecule has 0 aliphatic rings. The Balaban J connectivity index is 2.09. The summed E-state index contributed by atoms with van der Waals surface area (Å²) in [5, 5.41) is 0. The van der Waals surface area contributed by atoms with Crippen LogP contribution in [0, 0.1) is 0 Å². The predicted octanol–water partition coefficient (Wildman–Crippen LogP) is 1.73. The third-order valence-electron chi connectivity index (χ3n) is 3.68. The zero-order chi connectivity index (χ0) is 17.3. The number of aromatic nitrogens is 2. The Morgan fingerprint density at radius 2 is 1.92 bits per heavy atom. The Hall–Kier alpha value is -2.67. The van der Waals surface area contributed by atoms with Crippen LogP contribution in [0.2, 0.25) is 0 Å². The molecule has 0 saturated heterocycles. The average molecular weight is 343 g/mol. The van der Waals surface area contributed by atoms with E-state index in [4.69, 9.17) is 5.73 Å². The number of amides is 1. The highest BCUT2D eigenvalue weighted by Gasteiger charge is 2.15. The van der Waals surface area contributed by atoms with Gasteiger partial charge < -0.3 is 10.3 Å². The van der Waals surface area contributed by atoms with E-state index in [9.17, 15) is 13.2 Å². The fourth-order valence-corrected chi connectivity index (χ4v) is 3.34. The highest BCUT2D eigenvalue weighted by atomic mass is 32.2. The van der Waals surface area contributed by atoms with Crippen molar-refractivity contribution in [3.05, 3.63) is 65.5 Å². The lowest BCUT2D eigenvalue weighted by Crippen LogP contribution is -2.13. The number of sulfone groups is 1. The molecule has 0 aliphatic carbocycles. The van der Waals surface area contributed by atoms with Gasteiger partial charge >= 0.3 is 0 Å². The quantitative estimate of drug-likeness (QED) is 0.763. The number of carbonyl (C=O) groups excluding carboxylic acids is 1. The van der Waals surface area contributed by atoms with Crippen molar-refractivity contribution in [2.24, 2.45) is 5.73 Å². The van der Waals surface area contributed by atoms with Crippen LogP contribution in [0.15, 0.2) is 48.5 Å². The van der Waals surface area contributed by atoms with Gasteiger partial charge in [-0.1, -0.05) is 24.3 Å². The lowest BCUT2D eigenvalue weighted by Gasteiger charge is -2.10. The van der Waals surface area contributed by atoms with Crippen LogP contribution in [0.5, 0.6) is 0 Å². The molecule has 6 nitrogen and oxygen atoms in total. The number of nitrogens with zero attached hydrogens (tertiary/aromatic N) is 2. The number of carbonyl (C=O) groups is 1. The molecule has 0 radical (unpaired) electrons. The van der Waals surface area contributed by atoms with Gasteiger partial charge in [0, 0.05) is 18.4 Å². The molecule has 24 heavy (non-hydrogen) atoms. The molecular formula is C17H17N3O3S. The molecule has 0 aliphatic heterocycles. The van der Waals surface area contributed by atoms with E-state index in [2.05, 4.69) is 4.98 Å². The van der Waals surface area contributed by atoms with Crippen molar-refractivity contribution in [3.8, 4) is 0 Å². The fourth-order valence-electron chi connectivity index (χ4n) is 2.65. The van der Waals surface area contributed by atoms with E-state index in [0.717, 1.165) is 16.6 Å². The second-order valence-electron chi connectivity index (χ2n) is 5.74. The highest BCUT2D eigenvalue weighted by molar-refractivity contribution is 7.89. The number of para-hydroxylation sites is 2. The molecule has 0 spiro atoms. The van der Waals surface area contributed by atoms with Crippen LogP contribution in [-0.4, -0.2) is 30.1 Å². The SMILES string of the molecule is CS(=O)(=O)Cc1nc2ccccc2n1Cc1cccc(C(N)=O)c1.